The predicted octanol–water partition coefficient (Wildman–Crippen LogP) is 4.81. The van der Waals surface area contributed by atoms with Crippen LogP contribution in [0.1, 0.15) is 28.4 Å². The predicted molar refractivity (Wildman–Crippen MR) is 85.7 cm³/mol. The van der Waals surface area contributed by atoms with Gasteiger partial charge in [0.2, 0.25) is 0 Å². The third-order valence-electron chi connectivity index (χ3n) is 3.34. The van der Waals surface area contributed by atoms with Gasteiger partial charge in [0.05, 0.1) is 7.11 Å². The number of hydrogen-bond acceptors (Lipinski definition) is 2. The van der Waals surface area contributed by atoms with E-state index in [0.717, 1.165) is 26.7 Å². The molecule has 4 heteroatoms. The fraction of sp³-hybridized carbons (Fsp3) is 0.250. The number of halogens is 2. The maximum atomic E-state index is 10.7. The van der Waals surface area contributed by atoms with Crippen molar-refractivity contribution < 1.29 is 9.84 Å². The van der Waals surface area contributed by atoms with E-state index >= 15 is 0 Å². The Labute approximate surface area is 132 Å². The summed E-state index contributed by atoms with van der Waals surface area (Å²) < 4.78 is 6.32. The zero-order valence-electron chi connectivity index (χ0n) is 11.6. The van der Waals surface area contributed by atoms with Crippen LogP contribution >= 0.6 is 27.5 Å². The minimum absolute atomic E-state index is 0.606. The molecule has 0 aliphatic rings. The average molecular weight is 356 g/mol. The second-order valence-electron chi connectivity index (χ2n) is 4.75. The largest absolute Gasteiger partial charge is 0.496 e. The zero-order valence-corrected chi connectivity index (χ0v) is 13.9. The van der Waals surface area contributed by atoms with Gasteiger partial charge in [0.15, 0.2) is 0 Å². The first-order chi connectivity index (χ1) is 9.43. The quantitative estimate of drug-likeness (QED) is 0.856. The number of hydrogen-bond donors (Lipinski definition) is 1. The normalized spacial score (nSPS) is 12.3. The van der Waals surface area contributed by atoms with E-state index in [9.17, 15) is 5.11 Å². The van der Waals surface area contributed by atoms with Crippen molar-refractivity contribution in [3.63, 3.8) is 0 Å². The van der Waals surface area contributed by atoms with Gasteiger partial charge in [-0.25, -0.2) is 0 Å². The van der Waals surface area contributed by atoms with Gasteiger partial charge in [-0.2, -0.15) is 0 Å². The van der Waals surface area contributed by atoms with E-state index in [0.29, 0.717) is 10.8 Å². The van der Waals surface area contributed by atoms with Gasteiger partial charge >= 0.3 is 0 Å². The molecule has 0 aliphatic heterocycles. The molecule has 0 amide bonds. The van der Waals surface area contributed by atoms with Gasteiger partial charge in [-0.3, -0.25) is 0 Å². The smallest absolute Gasteiger partial charge is 0.125 e. The number of methoxy groups -OCH3 is 1. The van der Waals surface area contributed by atoms with E-state index in [1.54, 1.807) is 13.2 Å². The van der Waals surface area contributed by atoms with Gasteiger partial charge in [0, 0.05) is 15.1 Å². The van der Waals surface area contributed by atoms with Crippen molar-refractivity contribution in [2.24, 2.45) is 0 Å². The molecule has 0 fully saturated rings. The maximum absolute atomic E-state index is 10.7. The van der Waals surface area contributed by atoms with Crippen LogP contribution in [-0.2, 0) is 0 Å². The first-order valence-electron chi connectivity index (χ1n) is 6.22. The van der Waals surface area contributed by atoms with Crippen LogP contribution in [0.25, 0.3) is 0 Å². The van der Waals surface area contributed by atoms with Gasteiger partial charge in [0.25, 0.3) is 0 Å². The van der Waals surface area contributed by atoms with Crippen molar-refractivity contribution in [2.75, 3.05) is 7.11 Å². The summed E-state index contributed by atoms with van der Waals surface area (Å²) in [5, 5.41) is 11.3. The van der Waals surface area contributed by atoms with Crippen molar-refractivity contribution in [1.82, 2.24) is 0 Å². The highest BCUT2D eigenvalue weighted by Crippen LogP contribution is 2.36. The summed E-state index contributed by atoms with van der Waals surface area (Å²) >= 11 is 9.52. The molecule has 2 aromatic carbocycles. The van der Waals surface area contributed by atoms with Gasteiger partial charge in [-0.1, -0.05) is 33.6 Å². The van der Waals surface area contributed by atoms with Crippen LogP contribution in [0, 0.1) is 13.8 Å². The van der Waals surface area contributed by atoms with E-state index in [2.05, 4.69) is 15.9 Å². The minimum Gasteiger partial charge on any atom is -0.496 e. The molecule has 2 rings (SSSR count). The van der Waals surface area contributed by atoms with E-state index in [4.69, 9.17) is 16.3 Å². The highest BCUT2D eigenvalue weighted by atomic mass is 79.9. The van der Waals surface area contributed by atoms with E-state index in [1.165, 1.54) is 0 Å². The molecule has 0 spiro atoms. The van der Waals surface area contributed by atoms with E-state index in [1.807, 2.05) is 38.1 Å². The number of aryl methyl sites for hydroxylation is 2. The summed E-state index contributed by atoms with van der Waals surface area (Å²) in [6, 6.07) is 9.29. The highest BCUT2D eigenvalue weighted by molar-refractivity contribution is 9.10. The van der Waals surface area contributed by atoms with Crippen LogP contribution in [0.2, 0.25) is 5.02 Å². The van der Waals surface area contributed by atoms with Crippen LogP contribution in [-0.4, -0.2) is 12.2 Å². The third kappa shape index (κ3) is 3.00. The number of ether oxygens (including phenoxy) is 1. The lowest BCUT2D eigenvalue weighted by Gasteiger charge is -2.18. The molecule has 2 aromatic rings. The van der Waals surface area contributed by atoms with Crippen molar-refractivity contribution in [2.45, 2.75) is 20.0 Å². The second kappa shape index (κ2) is 6.17. The van der Waals surface area contributed by atoms with Gasteiger partial charge < -0.3 is 9.84 Å². The third-order valence-corrected chi connectivity index (χ3v) is 4.43. The average Bonchev–Trinajstić information content (AvgIpc) is 2.43. The first-order valence-corrected chi connectivity index (χ1v) is 7.39. The van der Waals surface area contributed by atoms with Crippen molar-refractivity contribution in [1.29, 1.82) is 0 Å². The lowest BCUT2D eigenvalue weighted by atomic mass is 9.96. The summed E-state index contributed by atoms with van der Waals surface area (Å²) in [7, 11) is 1.60. The molecule has 20 heavy (non-hydrogen) atoms. The molecule has 1 atom stereocenters. The van der Waals surface area contributed by atoms with Gasteiger partial charge in [-0.05, 0) is 54.8 Å². The molecular weight excluding hydrogens is 340 g/mol. The van der Waals surface area contributed by atoms with Crippen LogP contribution in [0.4, 0.5) is 0 Å². The Balaban J connectivity index is 2.55. The molecule has 1 N–H and O–H groups in total. The summed E-state index contributed by atoms with van der Waals surface area (Å²) in [5.74, 6) is 0.664. The number of rotatable bonds is 3. The van der Waals surface area contributed by atoms with Gasteiger partial charge in [0.1, 0.15) is 11.9 Å². The monoisotopic (exact) mass is 354 g/mol. The standard InChI is InChI=1S/C16H16BrClO2/c1-9-4-5-11(18)7-12(9)16(19)13-8-14(17)10(2)6-15(13)20-3/h4-8,16,19H,1-3H3. The van der Waals surface area contributed by atoms with Crippen LogP contribution < -0.4 is 4.74 Å². The molecule has 0 bridgehead atoms. The van der Waals surface area contributed by atoms with Crippen molar-refractivity contribution in [3.8, 4) is 5.75 Å². The zero-order chi connectivity index (χ0) is 14.9. The Morgan fingerprint density at radius 3 is 2.45 bits per heavy atom. The molecule has 2 nitrogen and oxygen atoms in total. The Morgan fingerprint density at radius 1 is 1.10 bits per heavy atom. The Morgan fingerprint density at radius 2 is 1.80 bits per heavy atom. The van der Waals surface area contributed by atoms with Crippen LogP contribution in [0.5, 0.6) is 5.75 Å². The maximum Gasteiger partial charge on any atom is 0.125 e. The lowest BCUT2D eigenvalue weighted by Crippen LogP contribution is -2.05. The molecule has 0 radical (unpaired) electrons. The second-order valence-corrected chi connectivity index (χ2v) is 6.04. The van der Waals surface area contributed by atoms with Crippen LogP contribution in [0.3, 0.4) is 0 Å². The SMILES string of the molecule is COc1cc(C)c(Br)cc1C(O)c1cc(Cl)ccc1C. The number of aliphatic hydroxyl groups is 1. The molecule has 0 saturated carbocycles. The Bertz CT molecular complexity index is 641. The van der Waals surface area contributed by atoms with E-state index < -0.39 is 6.10 Å². The Kier molecular flexibility index (Phi) is 4.74. The molecule has 0 aromatic heterocycles. The van der Waals surface area contributed by atoms with Crippen molar-refractivity contribution in [3.05, 3.63) is 62.1 Å². The number of benzene rings is 2. The molecule has 106 valence electrons. The molecular formula is C16H16BrClO2. The van der Waals surface area contributed by atoms with Crippen molar-refractivity contribution >= 4 is 27.5 Å². The summed E-state index contributed by atoms with van der Waals surface area (Å²) in [4.78, 5) is 0. The summed E-state index contributed by atoms with van der Waals surface area (Å²) in [6.45, 7) is 3.93. The summed E-state index contributed by atoms with van der Waals surface area (Å²) in [6.07, 6.45) is -0.777. The fourth-order valence-corrected chi connectivity index (χ4v) is 2.68. The van der Waals surface area contributed by atoms with Crippen LogP contribution in [0.15, 0.2) is 34.8 Å². The number of aliphatic hydroxyl groups excluding tert-OH is 1. The van der Waals surface area contributed by atoms with Gasteiger partial charge in [-0.15, -0.1) is 0 Å². The Hall–Kier alpha value is -1.03. The molecule has 0 saturated heterocycles. The lowest BCUT2D eigenvalue weighted by molar-refractivity contribution is 0.214. The molecule has 0 aliphatic carbocycles. The molecule has 1 unspecified atom stereocenters. The van der Waals surface area contributed by atoms with E-state index in [-0.39, 0.29) is 0 Å². The highest BCUT2D eigenvalue weighted by Gasteiger charge is 2.19. The molecule has 0 heterocycles. The minimum atomic E-state index is -0.777. The summed E-state index contributed by atoms with van der Waals surface area (Å²) in [5.41, 5.74) is 3.54. The first kappa shape index (κ1) is 15.4. The topological polar surface area (TPSA) is 29.5 Å². The fourth-order valence-electron chi connectivity index (χ4n) is 2.13.